The van der Waals surface area contributed by atoms with Crippen molar-refractivity contribution in [3.8, 4) is 0 Å². The van der Waals surface area contributed by atoms with Crippen LogP contribution in [0.15, 0.2) is 18.3 Å². The number of nitrogens with zero attached hydrogens (tertiary/aromatic N) is 2. The van der Waals surface area contributed by atoms with Gasteiger partial charge in [0.1, 0.15) is 5.82 Å². The minimum atomic E-state index is 0.386. The summed E-state index contributed by atoms with van der Waals surface area (Å²) in [7, 11) is 0. The quantitative estimate of drug-likeness (QED) is 0.702. The van der Waals surface area contributed by atoms with E-state index in [1.54, 1.807) is 0 Å². The molecule has 0 spiro atoms. The summed E-state index contributed by atoms with van der Waals surface area (Å²) in [6, 6.07) is 4.06. The molecule has 0 N–H and O–H groups in total. The van der Waals surface area contributed by atoms with Gasteiger partial charge < -0.3 is 4.40 Å². The second-order valence-electron chi connectivity index (χ2n) is 3.88. The van der Waals surface area contributed by atoms with Crippen LogP contribution in [0, 0.1) is 6.92 Å². The fourth-order valence-electron chi connectivity index (χ4n) is 1.58. The molecule has 0 amide bonds. The van der Waals surface area contributed by atoms with E-state index in [-0.39, 0.29) is 0 Å². The molecule has 0 fully saturated rings. The zero-order valence-electron chi connectivity index (χ0n) is 8.58. The van der Waals surface area contributed by atoms with E-state index in [9.17, 15) is 0 Å². The van der Waals surface area contributed by atoms with E-state index in [2.05, 4.69) is 36.4 Å². The Morgan fingerprint density at radius 3 is 2.71 bits per heavy atom. The molecule has 0 aromatic carbocycles. The number of rotatable bonds is 1. The highest BCUT2D eigenvalue weighted by atomic mass is 35.5. The first-order valence-corrected chi connectivity index (χ1v) is 5.11. The summed E-state index contributed by atoms with van der Waals surface area (Å²) in [6.45, 7) is 6.30. The summed E-state index contributed by atoms with van der Waals surface area (Å²) in [5, 5.41) is 0.591. The Kier molecular flexibility index (Phi) is 2.23. The highest BCUT2D eigenvalue weighted by Gasteiger charge is 2.11. The first kappa shape index (κ1) is 9.53. The summed E-state index contributed by atoms with van der Waals surface area (Å²) in [5.41, 5.74) is 2.20. The fourth-order valence-corrected chi connectivity index (χ4v) is 1.82. The zero-order valence-corrected chi connectivity index (χ0v) is 9.34. The van der Waals surface area contributed by atoms with Crippen LogP contribution in [0.1, 0.15) is 31.2 Å². The molecule has 0 saturated carbocycles. The number of halogens is 1. The Labute approximate surface area is 88.5 Å². The van der Waals surface area contributed by atoms with Crippen LogP contribution in [-0.4, -0.2) is 9.38 Å². The number of hydrogen-bond acceptors (Lipinski definition) is 1. The van der Waals surface area contributed by atoms with Crippen LogP contribution in [0.25, 0.3) is 5.52 Å². The molecule has 0 aliphatic heterocycles. The standard InChI is InChI=1S/C11H13ClN2/c1-7(2)11-13-10(12)9-5-4-8(3)6-14(9)11/h4-7H,1-3H3. The molecule has 2 rings (SSSR count). The van der Waals surface area contributed by atoms with Gasteiger partial charge in [-0.25, -0.2) is 4.98 Å². The predicted molar refractivity (Wildman–Crippen MR) is 59.0 cm³/mol. The Hall–Kier alpha value is -1.02. The van der Waals surface area contributed by atoms with Gasteiger partial charge >= 0.3 is 0 Å². The third-order valence-corrected chi connectivity index (χ3v) is 2.56. The maximum atomic E-state index is 6.04. The van der Waals surface area contributed by atoms with Crippen molar-refractivity contribution >= 4 is 17.1 Å². The zero-order chi connectivity index (χ0) is 10.3. The van der Waals surface area contributed by atoms with Gasteiger partial charge in [0, 0.05) is 12.1 Å². The van der Waals surface area contributed by atoms with Gasteiger partial charge in [0.2, 0.25) is 0 Å². The monoisotopic (exact) mass is 208 g/mol. The van der Waals surface area contributed by atoms with Gasteiger partial charge in [-0.15, -0.1) is 0 Å². The molecule has 0 aliphatic carbocycles. The van der Waals surface area contributed by atoms with Gasteiger partial charge in [-0.05, 0) is 18.6 Å². The first-order valence-electron chi connectivity index (χ1n) is 4.73. The maximum Gasteiger partial charge on any atom is 0.155 e. The van der Waals surface area contributed by atoms with Crippen LogP contribution >= 0.6 is 11.6 Å². The van der Waals surface area contributed by atoms with Crippen molar-refractivity contribution in [3.63, 3.8) is 0 Å². The molecule has 2 nitrogen and oxygen atoms in total. The molecule has 74 valence electrons. The fraction of sp³-hybridized carbons (Fsp3) is 0.364. The van der Waals surface area contributed by atoms with Crippen LogP contribution < -0.4 is 0 Å². The minimum Gasteiger partial charge on any atom is -0.302 e. The highest BCUT2D eigenvalue weighted by molar-refractivity contribution is 6.32. The van der Waals surface area contributed by atoms with Crippen molar-refractivity contribution in [2.75, 3.05) is 0 Å². The lowest BCUT2D eigenvalue weighted by Gasteiger charge is -2.04. The average molecular weight is 209 g/mol. The summed E-state index contributed by atoms with van der Waals surface area (Å²) in [4.78, 5) is 4.36. The van der Waals surface area contributed by atoms with Crippen LogP contribution in [0.3, 0.4) is 0 Å². The van der Waals surface area contributed by atoms with Crippen molar-refractivity contribution in [1.82, 2.24) is 9.38 Å². The Bertz CT molecular complexity index is 471. The molecule has 0 radical (unpaired) electrons. The largest absolute Gasteiger partial charge is 0.302 e. The van der Waals surface area contributed by atoms with E-state index in [1.807, 2.05) is 12.1 Å². The van der Waals surface area contributed by atoms with Crippen LogP contribution in [0.2, 0.25) is 5.15 Å². The second-order valence-corrected chi connectivity index (χ2v) is 4.24. The minimum absolute atomic E-state index is 0.386. The molecule has 0 atom stereocenters. The van der Waals surface area contributed by atoms with E-state index in [0.717, 1.165) is 11.3 Å². The van der Waals surface area contributed by atoms with Gasteiger partial charge in [-0.3, -0.25) is 0 Å². The Morgan fingerprint density at radius 1 is 1.36 bits per heavy atom. The van der Waals surface area contributed by atoms with Crippen molar-refractivity contribution in [2.24, 2.45) is 0 Å². The molecular formula is C11H13ClN2. The molecule has 2 aromatic heterocycles. The smallest absolute Gasteiger partial charge is 0.155 e. The number of fused-ring (bicyclic) bond motifs is 1. The number of hydrogen-bond donors (Lipinski definition) is 0. The molecule has 0 bridgehead atoms. The topological polar surface area (TPSA) is 17.3 Å². The lowest BCUT2D eigenvalue weighted by atomic mass is 10.2. The van der Waals surface area contributed by atoms with Crippen molar-refractivity contribution in [3.05, 3.63) is 34.9 Å². The van der Waals surface area contributed by atoms with Crippen molar-refractivity contribution < 1.29 is 0 Å². The number of imidazole rings is 1. The first-order chi connectivity index (χ1) is 6.59. The van der Waals surface area contributed by atoms with E-state index in [0.29, 0.717) is 11.1 Å². The maximum absolute atomic E-state index is 6.04. The number of aryl methyl sites for hydroxylation is 1. The molecule has 2 aromatic rings. The lowest BCUT2D eigenvalue weighted by Crippen LogP contribution is -1.96. The predicted octanol–water partition coefficient (Wildman–Crippen LogP) is 3.42. The van der Waals surface area contributed by atoms with Gasteiger partial charge in [-0.2, -0.15) is 0 Å². The third kappa shape index (κ3) is 1.40. The third-order valence-electron chi connectivity index (χ3n) is 2.28. The van der Waals surface area contributed by atoms with Gasteiger partial charge in [0.25, 0.3) is 0 Å². The Morgan fingerprint density at radius 2 is 2.07 bits per heavy atom. The van der Waals surface area contributed by atoms with Gasteiger partial charge in [0.05, 0.1) is 5.52 Å². The normalized spacial score (nSPS) is 11.5. The molecule has 14 heavy (non-hydrogen) atoms. The van der Waals surface area contributed by atoms with E-state index < -0.39 is 0 Å². The van der Waals surface area contributed by atoms with E-state index in [1.165, 1.54) is 5.56 Å². The lowest BCUT2D eigenvalue weighted by molar-refractivity contribution is 0.769. The Balaban J connectivity index is 2.79. The van der Waals surface area contributed by atoms with Crippen LogP contribution in [-0.2, 0) is 0 Å². The van der Waals surface area contributed by atoms with Gasteiger partial charge in [0.15, 0.2) is 5.15 Å². The molecular weight excluding hydrogens is 196 g/mol. The summed E-state index contributed by atoms with van der Waals surface area (Å²) < 4.78 is 2.07. The second kappa shape index (κ2) is 3.28. The summed E-state index contributed by atoms with van der Waals surface area (Å²) >= 11 is 6.04. The molecule has 0 unspecified atom stereocenters. The number of pyridine rings is 1. The summed E-state index contributed by atoms with van der Waals surface area (Å²) in [5.74, 6) is 1.41. The van der Waals surface area contributed by atoms with Gasteiger partial charge in [-0.1, -0.05) is 31.5 Å². The van der Waals surface area contributed by atoms with Crippen molar-refractivity contribution in [2.45, 2.75) is 26.7 Å². The van der Waals surface area contributed by atoms with E-state index >= 15 is 0 Å². The molecule has 2 heterocycles. The summed E-state index contributed by atoms with van der Waals surface area (Å²) in [6.07, 6.45) is 2.07. The van der Waals surface area contributed by atoms with E-state index in [4.69, 9.17) is 11.6 Å². The van der Waals surface area contributed by atoms with Crippen LogP contribution in [0.5, 0.6) is 0 Å². The average Bonchev–Trinajstić information content (AvgIpc) is 2.43. The highest BCUT2D eigenvalue weighted by Crippen LogP contribution is 2.23. The molecule has 0 saturated heterocycles. The molecule has 3 heteroatoms. The number of aromatic nitrogens is 2. The van der Waals surface area contributed by atoms with Crippen molar-refractivity contribution in [1.29, 1.82) is 0 Å². The van der Waals surface area contributed by atoms with Crippen LogP contribution in [0.4, 0.5) is 0 Å². The molecule has 0 aliphatic rings. The SMILES string of the molecule is Cc1ccc2c(Cl)nc(C(C)C)n2c1.